The van der Waals surface area contributed by atoms with Gasteiger partial charge in [0.25, 0.3) is 0 Å². The molecule has 1 N–H and O–H groups in total. The minimum Gasteiger partial charge on any atom is -0.326 e. The van der Waals surface area contributed by atoms with Gasteiger partial charge >= 0.3 is 0 Å². The standard InChI is InChI=1S/C11H16N2O/c1-7(2)11(14)13-10-5-8(3)12-9(4)6-10/h5-7H,1-4H3,(H,12,13,14). The van der Waals surface area contributed by atoms with Gasteiger partial charge in [0.15, 0.2) is 0 Å². The summed E-state index contributed by atoms with van der Waals surface area (Å²) in [6.07, 6.45) is 0. The fourth-order valence-corrected chi connectivity index (χ4v) is 1.19. The van der Waals surface area contributed by atoms with Crippen LogP contribution in [0.3, 0.4) is 0 Å². The molecule has 0 aliphatic carbocycles. The van der Waals surface area contributed by atoms with Crippen molar-refractivity contribution in [2.75, 3.05) is 5.32 Å². The van der Waals surface area contributed by atoms with E-state index in [4.69, 9.17) is 0 Å². The van der Waals surface area contributed by atoms with Gasteiger partial charge in [-0.15, -0.1) is 0 Å². The van der Waals surface area contributed by atoms with Gasteiger partial charge in [0.1, 0.15) is 0 Å². The lowest BCUT2D eigenvalue weighted by Crippen LogP contribution is -2.17. The molecule has 0 aromatic carbocycles. The highest BCUT2D eigenvalue weighted by Crippen LogP contribution is 2.11. The van der Waals surface area contributed by atoms with Gasteiger partial charge in [-0.1, -0.05) is 13.8 Å². The summed E-state index contributed by atoms with van der Waals surface area (Å²) in [5.74, 6) is 0.0405. The number of aromatic nitrogens is 1. The zero-order chi connectivity index (χ0) is 10.7. The third kappa shape index (κ3) is 2.83. The average Bonchev–Trinajstić information content (AvgIpc) is 2.01. The number of hydrogen-bond acceptors (Lipinski definition) is 2. The summed E-state index contributed by atoms with van der Waals surface area (Å²) in [4.78, 5) is 15.6. The predicted molar refractivity (Wildman–Crippen MR) is 57.2 cm³/mol. The molecule has 0 unspecified atom stereocenters. The number of carbonyl (C=O) groups is 1. The largest absolute Gasteiger partial charge is 0.326 e. The average molecular weight is 192 g/mol. The van der Waals surface area contributed by atoms with E-state index in [0.29, 0.717) is 0 Å². The van der Waals surface area contributed by atoms with E-state index in [0.717, 1.165) is 17.1 Å². The quantitative estimate of drug-likeness (QED) is 0.781. The molecule has 0 bridgehead atoms. The molecule has 0 saturated heterocycles. The van der Waals surface area contributed by atoms with E-state index >= 15 is 0 Å². The van der Waals surface area contributed by atoms with E-state index in [1.807, 2.05) is 39.8 Å². The molecule has 1 amide bonds. The van der Waals surface area contributed by atoms with Crippen molar-refractivity contribution in [3.05, 3.63) is 23.5 Å². The summed E-state index contributed by atoms with van der Waals surface area (Å²) in [6.45, 7) is 7.57. The van der Waals surface area contributed by atoms with Crippen LogP contribution in [0.5, 0.6) is 0 Å². The lowest BCUT2D eigenvalue weighted by atomic mass is 10.2. The smallest absolute Gasteiger partial charge is 0.226 e. The Balaban J connectivity index is 2.82. The number of hydrogen-bond donors (Lipinski definition) is 1. The van der Waals surface area contributed by atoms with Crippen LogP contribution in [0.4, 0.5) is 5.69 Å². The van der Waals surface area contributed by atoms with E-state index < -0.39 is 0 Å². The van der Waals surface area contributed by atoms with Gasteiger partial charge < -0.3 is 5.32 Å². The number of aryl methyl sites for hydroxylation is 2. The molecule has 0 radical (unpaired) electrons. The van der Waals surface area contributed by atoms with Gasteiger partial charge in [0, 0.05) is 23.0 Å². The summed E-state index contributed by atoms with van der Waals surface area (Å²) in [5.41, 5.74) is 2.67. The highest BCUT2D eigenvalue weighted by atomic mass is 16.1. The molecule has 1 heterocycles. The summed E-state index contributed by atoms with van der Waals surface area (Å²) >= 11 is 0. The fraction of sp³-hybridized carbons (Fsp3) is 0.455. The number of nitrogens with zero attached hydrogens (tertiary/aromatic N) is 1. The summed E-state index contributed by atoms with van der Waals surface area (Å²) in [5, 5.41) is 2.84. The van der Waals surface area contributed by atoms with Gasteiger partial charge in [-0.2, -0.15) is 0 Å². The van der Waals surface area contributed by atoms with Crippen molar-refractivity contribution in [2.24, 2.45) is 5.92 Å². The lowest BCUT2D eigenvalue weighted by Gasteiger charge is -2.08. The summed E-state index contributed by atoms with van der Waals surface area (Å²) in [7, 11) is 0. The Kier molecular flexibility index (Phi) is 3.23. The highest BCUT2D eigenvalue weighted by molar-refractivity contribution is 5.92. The molecule has 76 valence electrons. The molecule has 1 aromatic rings. The van der Waals surface area contributed by atoms with Crippen LogP contribution >= 0.6 is 0 Å². The molecule has 0 fully saturated rings. The van der Waals surface area contributed by atoms with Crippen molar-refractivity contribution >= 4 is 11.6 Å². The molecule has 3 heteroatoms. The van der Waals surface area contributed by atoms with Crippen LogP contribution in [0.2, 0.25) is 0 Å². The minimum absolute atomic E-state index is 0.00350. The zero-order valence-electron chi connectivity index (χ0n) is 9.09. The Labute approximate surface area is 84.6 Å². The second-order valence-electron chi connectivity index (χ2n) is 3.78. The number of anilines is 1. The SMILES string of the molecule is Cc1cc(NC(=O)C(C)C)cc(C)n1. The Morgan fingerprint density at radius 1 is 1.29 bits per heavy atom. The van der Waals surface area contributed by atoms with Gasteiger partial charge in [0.2, 0.25) is 5.91 Å². The van der Waals surface area contributed by atoms with E-state index in [1.165, 1.54) is 0 Å². The maximum Gasteiger partial charge on any atom is 0.226 e. The lowest BCUT2D eigenvalue weighted by molar-refractivity contribution is -0.118. The van der Waals surface area contributed by atoms with Crippen LogP contribution in [0.1, 0.15) is 25.2 Å². The molecule has 1 aromatic heterocycles. The first-order valence-electron chi connectivity index (χ1n) is 4.75. The third-order valence-corrected chi connectivity index (χ3v) is 1.87. The summed E-state index contributed by atoms with van der Waals surface area (Å²) < 4.78 is 0. The molecular formula is C11H16N2O. The molecule has 0 atom stereocenters. The van der Waals surface area contributed by atoms with E-state index in [2.05, 4.69) is 10.3 Å². The van der Waals surface area contributed by atoms with Crippen molar-refractivity contribution in [3.8, 4) is 0 Å². The van der Waals surface area contributed by atoms with Crippen LogP contribution in [0.25, 0.3) is 0 Å². The van der Waals surface area contributed by atoms with Crippen LogP contribution in [-0.4, -0.2) is 10.9 Å². The summed E-state index contributed by atoms with van der Waals surface area (Å²) in [6, 6.07) is 3.74. The van der Waals surface area contributed by atoms with Crippen LogP contribution in [-0.2, 0) is 4.79 Å². The highest BCUT2D eigenvalue weighted by Gasteiger charge is 2.07. The van der Waals surface area contributed by atoms with Gasteiger partial charge in [0.05, 0.1) is 0 Å². The molecule has 0 spiro atoms. The molecule has 3 nitrogen and oxygen atoms in total. The van der Waals surface area contributed by atoms with Gasteiger partial charge in [-0.3, -0.25) is 9.78 Å². The second kappa shape index (κ2) is 4.22. The van der Waals surface area contributed by atoms with Crippen molar-refractivity contribution in [1.29, 1.82) is 0 Å². The van der Waals surface area contributed by atoms with Crippen LogP contribution in [0, 0.1) is 19.8 Å². The first kappa shape index (κ1) is 10.7. The van der Waals surface area contributed by atoms with Crippen molar-refractivity contribution in [1.82, 2.24) is 4.98 Å². The Hall–Kier alpha value is -1.38. The number of amides is 1. The topological polar surface area (TPSA) is 42.0 Å². The fourth-order valence-electron chi connectivity index (χ4n) is 1.19. The monoisotopic (exact) mass is 192 g/mol. The Bertz CT molecular complexity index is 325. The number of rotatable bonds is 2. The molecule has 0 saturated carbocycles. The van der Waals surface area contributed by atoms with E-state index in [-0.39, 0.29) is 11.8 Å². The maximum atomic E-state index is 11.4. The number of nitrogens with one attached hydrogen (secondary N) is 1. The second-order valence-corrected chi connectivity index (χ2v) is 3.78. The maximum absolute atomic E-state index is 11.4. The number of carbonyl (C=O) groups excluding carboxylic acids is 1. The first-order valence-corrected chi connectivity index (χ1v) is 4.75. The molecule has 1 rings (SSSR count). The third-order valence-electron chi connectivity index (χ3n) is 1.87. The van der Waals surface area contributed by atoms with Gasteiger partial charge in [-0.25, -0.2) is 0 Å². The minimum atomic E-state index is 0.00350. The zero-order valence-corrected chi connectivity index (χ0v) is 9.09. The van der Waals surface area contributed by atoms with E-state index in [1.54, 1.807) is 0 Å². The number of pyridine rings is 1. The van der Waals surface area contributed by atoms with Crippen molar-refractivity contribution in [2.45, 2.75) is 27.7 Å². The van der Waals surface area contributed by atoms with E-state index in [9.17, 15) is 4.79 Å². The van der Waals surface area contributed by atoms with Crippen molar-refractivity contribution in [3.63, 3.8) is 0 Å². The first-order chi connectivity index (χ1) is 6.49. The van der Waals surface area contributed by atoms with Crippen LogP contribution in [0.15, 0.2) is 12.1 Å². The van der Waals surface area contributed by atoms with Gasteiger partial charge in [-0.05, 0) is 26.0 Å². The molecular weight excluding hydrogens is 176 g/mol. The Morgan fingerprint density at radius 2 is 1.79 bits per heavy atom. The molecule has 14 heavy (non-hydrogen) atoms. The molecule has 0 aliphatic rings. The van der Waals surface area contributed by atoms with Crippen molar-refractivity contribution < 1.29 is 4.79 Å². The molecule has 0 aliphatic heterocycles. The normalized spacial score (nSPS) is 10.4. The van der Waals surface area contributed by atoms with Crippen LogP contribution < -0.4 is 5.32 Å². The predicted octanol–water partition coefficient (Wildman–Crippen LogP) is 2.29. The Morgan fingerprint density at radius 3 is 2.21 bits per heavy atom.